The van der Waals surface area contributed by atoms with Gasteiger partial charge in [0.05, 0.1) is 30.1 Å². The molecule has 3 aromatic heterocycles. The number of anilines is 1. The monoisotopic (exact) mass is 494 g/mol. The first kappa shape index (κ1) is 24.3. The van der Waals surface area contributed by atoms with E-state index in [-0.39, 0.29) is 11.4 Å². The van der Waals surface area contributed by atoms with Crippen LogP contribution in [0.2, 0.25) is 0 Å². The molecule has 0 radical (unpaired) electrons. The number of carbonyl (C=O) groups is 1. The molecular formula is C29H30N6O2. The Labute approximate surface area is 216 Å². The van der Waals surface area contributed by atoms with Gasteiger partial charge in [-0.3, -0.25) is 4.79 Å². The average Bonchev–Trinajstić information content (AvgIpc) is 3.35. The van der Waals surface area contributed by atoms with Crippen molar-refractivity contribution in [3.8, 4) is 22.9 Å². The Hall–Kier alpha value is -4.38. The molecule has 1 aliphatic heterocycles. The number of benzene rings is 1. The number of nitrogens with one attached hydrogen (secondary N) is 1. The van der Waals surface area contributed by atoms with Crippen molar-refractivity contribution >= 4 is 17.2 Å². The van der Waals surface area contributed by atoms with E-state index in [0.717, 1.165) is 54.8 Å². The smallest absolute Gasteiger partial charge is 0.251 e. The van der Waals surface area contributed by atoms with Gasteiger partial charge in [-0.05, 0) is 56.5 Å². The summed E-state index contributed by atoms with van der Waals surface area (Å²) in [4.78, 5) is 19.7. The minimum atomic E-state index is -0.260. The first-order chi connectivity index (χ1) is 18.0. The molecule has 4 heterocycles. The summed E-state index contributed by atoms with van der Waals surface area (Å²) >= 11 is 0. The number of aromatic nitrogens is 3. The van der Waals surface area contributed by atoms with Crippen LogP contribution in [0.5, 0.6) is 5.75 Å². The van der Waals surface area contributed by atoms with Gasteiger partial charge in [0.2, 0.25) is 0 Å². The molecule has 8 heteroatoms. The number of piperidine rings is 1. The minimum absolute atomic E-state index is 0.0351. The summed E-state index contributed by atoms with van der Waals surface area (Å²) in [5.74, 6) is 1.56. The number of rotatable bonds is 7. The van der Waals surface area contributed by atoms with Crippen molar-refractivity contribution in [1.82, 2.24) is 19.9 Å². The van der Waals surface area contributed by atoms with E-state index in [4.69, 9.17) is 9.72 Å². The lowest BCUT2D eigenvalue weighted by molar-refractivity contribution is 0.0891. The second-order valence-corrected chi connectivity index (χ2v) is 9.67. The summed E-state index contributed by atoms with van der Waals surface area (Å²) in [6, 6.07) is 17.6. The lowest BCUT2D eigenvalue weighted by Crippen LogP contribution is -2.53. The third kappa shape index (κ3) is 5.12. The van der Waals surface area contributed by atoms with Crippen LogP contribution in [-0.2, 0) is 0 Å². The zero-order valence-corrected chi connectivity index (χ0v) is 21.1. The van der Waals surface area contributed by atoms with Crippen molar-refractivity contribution < 1.29 is 9.53 Å². The second kappa shape index (κ2) is 10.3. The fraction of sp³-hybridized carbons (Fsp3) is 0.310. The van der Waals surface area contributed by atoms with E-state index < -0.39 is 0 Å². The quantitative estimate of drug-likeness (QED) is 0.395. The number of nitrogens with zero attached hydrogens (tertiary/aromatic N) is 5. The van der Waals surface area contributed by atoms with Crippen LogP contribution < -0.4 is 15.0 Å². The molecule has 1 aromatic carbocycles. The first-order valence-corrected chi connectivity index (χ1v) is 12.6. The van der Waals surface area contributed by atoms with E-state index in [9.17, 15) is 10.1 Å². The van der Waals surface area contributed by atoms with E-state index in [1.54, 1.807) is 16.9 Å². The SMILES string of the molecule is CCCOc1cc(-c2ccc(N3CCC(C)(NC(=O)c4ccccc4)CC3)nc2)c2c(C#N)cnn2c1. The van der Waals surface area contributed by atoms with Crippen molar-refractivity contribution in [2.24, 2.45) is 0 Å². The maximum Gasteiger partial charge on any atom is 0.251 e. The molecular weight excluding hydrogens is 464 g/mol. The summed E-state index contributed by atoms with van der Waals surface area (Å²) in [7, 11) is 0. The highest BCUT2D eigenvalue weighted by Crippen LogP contribution is 2.32. The lowest BCUT2D eigenvalue weighted by atomic mass is 9.89. The fourth-order valence-corrected chi connectivity index (χ4v) is 4.72. The van der Waals surface area contributed by atoms with Gasteiger partial charge in [-0.2, -0.15) is 10.4 Å². The third-order valence-electron chi connectivity index (χ3n) is 6.88. The molecule has 0 saturated carbocycles. The standard InChI is InChI=1S/C29H30N6O2/c1-3-15-37-24-16-25(27-23(17-30)19-32-35(27)20-24)22-9-10-26(31-18-22)34-13-11-29(2,12-14-34)33-28(36)21-7-5-4-6-8-21/h4-10,16,18-20H,3,11-15H2,1-2H3,(H,33,36). The molecule has 1 fully saturated rings. The Morgan fingerprint density at radius 3 is 2.62 bits per heavy atom. The number of nitriles is 1. The van der Waals surface area contributed by atoms with Crippen LogP contribution in [0.15, 0.2) is 67.1 Å². The number of carbonyl (C=O) groups excluding carboxylic acids is 1. The number of hydrogen-bond acceptors (Lipinski definition) is 6. The van der Waals surface area contributed by atoms with Crippen LogP contribution in [0, 0.1) is 11.3 Å². The van der Waals surface area contributed by atoms with Crippen molar-refractivity contribution in [3.05, 3.63) is 78.2 Å². The van der Waals surface area contributed by atoms with Gasteiger partial charge in [-0.15, -0.1) is 0 Å². The van der Waals surface area contributed by atoms with Crippen molar-refractivity contribution in [1.29, 1.82) is 5.26 Å². The second-order valence-electron chi connectivity index (χ2n) is 9.67. The van der Waals surface area contributed by atoms with Crippen molar-refractivity contribution in [3.63, 3.8) is 0 Å². The normalized spacial score (nSPS) is 14.8. The molecule has 5 rings (SSSR count). The summed E-state index contributed by atoms with van der Waals surface area (Å²) in [5, 5.41) is 17.2. The van der Waals surface area contributed by atoms with Gasteiger partial charge in [0.15, 0.2) is 0 Å². The fourth-order valence-electron chi connectivity index (χ4n) is 4.72. The summed E-state index contributed by atoms with van der Waals surface area (Å²) in [6.07, 6.45) is 7.77. The van der Waals surface area contributed by atoms with E-state index in [1.807, 2.05) is 54.7 Å². The van der Waals surface area contributed by atoms with Crippen LogP contribution in [0.1, 0.15) is 49.0 Å². The Kier molecular flexibility index (Phi) is 6.78. The molecule has 37 heavy (non-hydrogen) atoms. The first-order valence-electron chi connectivity index (χ1n) is 12.6. The molecule has 0 atom stereocenters. The Morgan fingerprint density at radius 1 is 1.16 bits per heavy atom. The van der Waals surface area contributed by atoms with Crippen LogP contribution in [0.4, 0.5) is 5.82 Å². The summed E-state index contributed by atoms with van der Waals surface area (Å²) in [5.41, 5.74) is 3.42. The Balaban J connectivity index is 1.32. The number of amides is 1. The summed E-state index contributed by atoms with van der Waals surface area (Å²) < 4.78 is 7.56. The number of pyridine rings is 2. The molecule has 0 spiro atoms. The van der Waals surface area contributed by atoms with Gasteiger partial charge in [-0.1, -0.05) is 25.1 Å². The predicted octanol–water partition coefficient (Wildman–Crippen LogP) is 4.85. The predicted molar refractivity (Wildman–Crippen MR) is 143 cm³/mol. The Morgan fingerprint density at radius 2 is 1.95 bits per heavy atom. The zero-order chi connectivity index (χ0) is 25.8. The van der Waals surface area contributed by atoms with Gasteiger partial charge >= 0.3 is 0 Å². The van der Waals surface area contributed by atoms with Crippen molar-refractivity contribution in [2.45, 2.75) is 38.6 Å². The van der Waals surface area contributed by atoms with E-state index in [1.165, 1.54) is 0 Å². The third-order valence-corrected chi connectivity index (χ3v) is 6.88. The van der Waals surface area contributed by atoms with Crippen LogP contribution >= 0.6 is 0 Å². The maximum atomic E-state index is 12.7. The number of hydrogen-bond donors (Lipinski definition) is 1. The van der Waals surface area contributed by atoms with Gasteiger partial charge in [0, 0.05) is 41.5 Å². The van der Waals surface area contributed by atoms with E-state index in [0.29, 0.717) is 23.5 Å². The highest BCUT2D eigenvalue weighted by atomic mass is 16.5. The molecule has 0 aliphatic carbocycles. The highest BCUT2D eigenvalue weighted by Gasteiger charge is 2.32. The maximum absolute atomic E-state index is 12.7. The molecule has 8 nitrogen and oxygen atoms in total. The highest BCUT2D eigenvalue weighted by molar-refractivity contribution is 5.94. The van der Waals surface area contributed by atoms with Crippen LogP contribution in [-0.4, -0.2) is 45.7 Å². The molecule has 0 bridgehead atoms. The van der Waals surface area contributed by atoms with Gasteiger partial charge in [0.1, 0.15) is 17.6 Å². The average molecular weight is 495 g/mol. The van der Waals surface area contributed by atoms with E-state index in [2.05, 4.69) is 35.2 Å². The lowest BCUT2D eigenvalue weighted by Gasteiger charge is -2.40. The molecule has 1 aliphatic rings. The number of fused-ring (bicyclic) bond motifs is 1. The number of ether oxygens (including phenoxy) is 1. The molecule has 4 aromatic rings. The molecule has 188 valence electrons. The van der Waals surface area contributed by atoms with Gasteiger partial charge in [-0.25, -0.2) is 9.50 Å². The summed E-state index contributed by atoms with van der Waals surface area (Å²) in [6.45, 7) is 6.37. The van der Waals surface area contributed by atoms with E-state index >= 15 is 0 Å². The Bertz CT molecular complexity index is 1430. The van der Waals surface area contributed by atoms with Gasteiger partial charge < -0.3 is 15.0 Å². The zero-order valence-electron chi connectivity index (χ0n) is 21.1. The van der Waals surface area contributed by atoms with Gasteiger partial charge in [0.25, 0.3) is 5.91 Å². The van der Waals surface area contributed by atoms with Crippen LogP contribution in [0.25, 0.3) is 16.6 Å². The molecule has 1 saturated heterocycles. The molecule has 1 N–H and O–H groups in total. The molecule has 1 amide bonds. The van der Waals surface area contributed by atoms with Crippen molar-refractivity contribution in [2.75, 3.05) is 24.6 Å². The topological polar surface area (TPSA) is 95.5 Å². The minimum Gasteiger partial charge on any atom is -0.492 e. The van der Waals surface area contributed by atoms with Crippen LogP contribution in [0.3, 0.4) is 0 Å². The molecule has 0 unspecified atom stereocenters. The largest absolute Gasteiger partial charge is 0.492 e.